The van der Waals surface area contributed by atoms with Gasteiger partial charge in [0.25, 0.3) is 5.91 Å². The number of hydroxylamine groups is 1. The molecule has 178 valence electrons. The van der Waals surface area contributed by atoms with Crippen LogP contribution in [0.2, 0.25) is 0 Å². The molecule has 1 saturated heterocycles. The molecule has 1 aliphatic rings. The normalized spacial score (nSPS) is 17.8. The molecule has 0 bridgehead atoms. The first kappa shape index (κ1) is 23.3. The first-order valence-electron chi connectivity index (χ1n) is 11.1. The Labute approximate surface area is 196 Å². The van der Waals surface area contributed by atoms with Crippen molar-refractivity contribution in [3.8, 4) is 0 Å². The lowest BCUT2D eigenvalue weighted by molar-refractivity contribution is -0.133. The number of amides is 3. The number of furan rings is 1. The number of hydrogen-bond donors (Lipinski definition) is 4. The highest BCUT2D eigenvalue weighted by Crippen LogP contribution is 2.32. The third-order valence-corrected chi connectivity index (χ3v) is 6.20. The molecule has 1 aromatic heterocycles. The first-order chi connectivity index (χ1) is 16.3. The molecule has 2 atom stereocenters. The van der Waals surface area contributed by atoms with E-state index in [4.69, 9.17) is 9.62 Å². The predicted octanol–water partition coefficient (Wildman–Crippen LogP) is 3.36. The molecule has 3 aromatic rings. The molecule has 1 aliphatic heterocycles. The zero-order valence-corrected chi connectivity index (χ0v) is 18.9. The Balaban J connectivity index is 1.49. The quantitative estimate of drug-likeness (QED) is 0.326. The number of para-hydroxylation sites is 1. The lowest BCUT2D eigenvalue weighted by atomic mass is 9.97. The zero-order chi connectivity index (χ0) is 24.4. The molecule has 1 fully saturated rings. The molecule has 0 unspecified atom stereocenters. The van der Waals surface area contributed by atoms with Crippen molar-refractivity contribution in [2.24, 2.45) is 5.92 Å². The summed E-state index contributed by atoms with van der Waals surface area (Å²) in [7, 11) is 0. The molecule has 9 nitrogen and oxygen atoms in total. The van der Waals surface area contributed by atoms with Crippen LogP contribution >= 0.6 is 0 Å². The van der Waals surface area contributed by atoms with Crippen molar-refractivity contribution in [3.05, 3.63) is 71.0 Å². The van der Waals surface area contributed by atoms with E-state index < -0.39 is 29.9 Å². The van der Waals surface area contributed by atoms with Gasteiger partial charge in [0.1, 0.15) is 11.3 Å². The average Bonchev–Trinajstić information content (AvgIpc) is 3.41. The number of carbonyl (C=O) groups is 3. The van der Waals surface area contributed by atoms with Gasteiger partial charge in [-0.1, -0.05) is 44.2 Å². The summed E-state index contributed by atoms with van der Waals surface area (Å²) >= 11 is 0. The largest absolute Gasteiger partial charge is 0.465 e. The molecule has 4 N–H and O–H groups in total. The van der Waals surface area contributed by atoms with E-state index in [0.717, 1.165) is 32.8 Å². The topological polar surface area (TPSA) is 132 Å². The maximum Gasteiger partial charge on any atom is 0.407 e. The van der Waals surface area contributed by atoms with Gasteiger partial charge >= 0.3 is 6.09 Å². The Morgan fingerprint density at radius 2 is 1.79 bits per heavy atom. The summed E-state index contributed by atoms with van der Waals surface area (Å²) < 4.78 is 6.07. The average molecular weight is 466 g/mol. The second kappa shape index (κ2) is 9.56. The van der Waals surface area contributed by atoms with E-state index in [9.17, 15) is 19.5 Å². The SMILES string of the molecule is CC(C)c1oc2ccccc2c1Cc1ccc(C(=O)N[C@@H]2CN(C(=O)O)C[C@@H]2C(=O)NO)cc1. The van der Waals surface area contributed by atoms with Gasteiger partial charge in [0.15, 0.2) is 0 Å². The molecular formula is C25H27N3O6. The van der Waals surface area contributed by atoms with Gasteiger partial charge in [0, 0.05) is 41.9 Å². The lowest BCUT2D eigenvalue weighted by Gasteiger charge is -2.18. The molecule has 4 rings (SSSR count). The van der Waals surface area contributed by atoms with Crippen molar-refractivity contribution in [2.45, 2.75) is 32.2 Å². The van der Waals surface area contributed by atoms with Crippen LogP contribution < -0.4 is 10.8 Å². The van der Waals surface area contributed by atoms with Crippen LogP contribution in [0.1, 0.15) is 47.0 Å². The Morgan fingerprint density at radius 3 is 2.44 bits per heavy atom. The van der Waals surface area contributed by atoms with Crippen molar-refractivity contribution in [1.29, 1.82) is 0 Å². The molecule has 2 heterocycles. The summed E-state index contributed by atoms with van der Waals surface area (Å²) in [5.74, 6) is -0.865. The van der Waals surface area contributed by atoms with E-state index in [1.165, 1.54) is 0 Å². The number of rotatable bonds is 6. The van der Waals surface area contributed by atoms with Crippen molar-refractivity contribution in [3.63, 3.8) is 0 Å². The van der Waals surface area contributed by atoms with E-state index in [-0.39, 0.29) is 19.0 Å². The fourth-order valence-corrected chi connectivity index (χ4v) is 4.45. The molecule has 34 heavy (non-hydrogen) atoms. The van der Waals surface area contributed by atoms with Crippen LogP contribution in [0, 0.1) is 5.92 Å². The molecule has 0 spiro atoms. The predicted molar refractivity (Wildman–Crippen MR) is 124 cm³/mol. The molecule has 9 heteroatoms. The smallest absolute Gasteiger partial charge is 0.407 e. The van der Waals surface area contributed by atoms with Crippen LogP contribution in [-0.2, 0) is 11.2 Å². The van der Waals surface area contributed by atoms with Crippen molar-refractivity contribution >= 4 is 28.9 Å². The van der Waals surface area contributed by atoms with Crippen LogP contribution in [0.15, 0.2) is 52.9 Å². The highest BCUT2D eigenvalue weighted by atomic mass is 16.5. The highest BCUT2D eigenvalue weighted by molar-refractivity contribution is 5.95. The number of fused-ring (bicyclic) bond motifs is 1. The minimum atomic E-state index is -1.19. The number of carboxylic acid groups (broad SMARTS) is 1. The van der Waals surface area contributed by atoms with E-state index in [0.29, 0.717) is 12.0 Å². The Morgan fingerprint density at radius 1 is 1.09 bits per heavy atom. The molecular weight excluding hydrogens is 438 g/mol. The maximum atomic E-state index is 12.8. The minimum Gasteiger partial charge on any atom is -0.465 e. The number of nitrogens with one attached hydrogen (secondary N) is 2. The second-order valence-corrected chi connectivity index (χ2v) is 8.82. The van der Waals surface area contributed by atoms with Gasteiger partial charge in [-0.2, -0.15) is 0 Å². The van der Waals surface area contributed by atoms with E-state index in [2.05, 4.69) is 19.2 Å². The summed E-state index contributed by atoms with van der Waals surface area (Å²) in [4.78, 5) is 37.1. The number of likely N-dealkylation sites (tertiary alicyclic amines) is 1. The third-order valence-electron chi connectivity index (χ3n) is 6.20. The third kappa shape index (κ3) is 4.60. The van der Waals surface area contributed by atoms with Gasteiger partial charge in [0.05, 0.1) is 12.0 Å². The van der Waals surface area contributed by atoms with Crippen LogP contribution in [0.25, 0.3) is 11.0 Å². The minimum absolute atomic E-state index is 0.0389. The Kier molecular flexibility index (Phi) is 6.56. The van der Waals surface area contributed by atoms with E-state index in [1.54, 1.807) is 17.6 Å². The molecule has 0 saturated carbocycles. The number of hydrogen-bond acceptors (Lipinski definition) is 5. The fraction of sp³-hybridized carbons (Fsp3) is 0.320. The van der Waals surface area contributed by atoms with Crippen molar-refractivity contribution in [2.75, 3.05) is 13.1 Å². The van der Waals surface area contributed by atoms with E-state index in [1.807, 2.05) is 36.4 Å². The van der Waals surface area contributed by atoms with Gasteiger partial charge in [-0.25, -0.2) is 10.3 Å². The van der Waals surface area contributed by atoms with Gasteiger partial charge in [-0.15, -0.1) is 0 Å². The van der Waals surface area contributed by atoms with Gasteiger partial charge in [0.2, 0.25) is 5.91 Å². The summed E-state index contributed by atoms with van der Waals surface area (Å²) in [6, 6.07) is 14.3. The highest BCUT2D eigenvalue weighted by Gasteiger charge is 2.40. The van der Waals surface area contributed by atoms with Crippen LogP contribution in [0.3, 0.4) is 0 Å². The standard InChI is InChI=1S/C25H27N3O6/c1-14(2)22-18(17-5-3-4-6-21(17)34-22)11-15-7-9-16(10-8-15)23(29)26-20-13-28(25(31)32)12-19(20)24(30)27-33/h3-10,14,19-20,33H,11-13H2,1-2H3,(H,26,29)(H,27,30)(H,31,32)/t19-,20+/m0/s1. The van der Waals surface area contributed by atoms with Gasteiger partial charge < -0.3 is 19.7 Å². The van der Waals surface area contributed by atoms with Gasteiger partial charge in [-0.05, 0) is 23.8 Å². The van der Waals surface area contributed by atoms with Gasteiger partial charge in [-0.3, -0.25) is 14.8 Å². The number of benzene rings is 2. The van der Waals surface area contributed by atoms with Crippen molar-refractivity contribution < 1.29 is 29.1 Å². The van der Waals surface area contributed by atoms with Crippen LogP contribution in [0.4, 0.5) is 4.79 Å². The summed E-state index contributed by atoms with van der Waals surface area (Å²) in [6.45, 7) is 4.03. The fourth-order valence-electron chi connectivity index (χ4n) is 4.45. The molecule has 3 amide bonds. The molecule has 2 aromatic carbocycles. The number of nitrogens with zero attached hydrogens (tertiary/aromatic N) is 1. The Bertz CT molecular complexity index is 1220. The van der Waals surface area contributed by atoms with Crippen LogP contribution in [-0.4, -0.2) is 52.3 Å². The molecule has 0 radical (unpaired) electrons. The Hall–Kier alpha value is -3.85. The summed E-state index contributed by atoms with van der Waals surface area (Å²) in [5, 5.41) is 22.0. The maximum absolute atomic E-state index is 12.8. The number of carbonyl (C=O) groups excluding carboxylic acids is 2. The monoisotopic (exact) mass is 465 g/mol. The molecule has 0 aliphatic carbocycles. The zero-order valence-electron chi connectivity index (χ0n) is 18.9. The lowest BCUT2D eigenvalue weighted by Crippen LogP contribution is -2.45. The van der Waals surface area contributed by atoms with Crippen molar-refractivity contribution in [1.82, 2.24) is 15.7 Å². The first-order valence-corrected chi connectivity index (χ1v) is 11.1. The van der Waals surface area contributed by atoms with E-state index >= 15 is 0 Å². The summed E-state index contributed by atoms with van der Waals surface area (Å²) in [5.41, 5.74) is 4.93. The second-order valence-electron chi connectivity index (χ2n) is 8.82. The van der Waals surface area contributed by atoms with Crippen LogP contribution in [0.5, 0.6) is 0 Å². The summed E-state index contributed by atoms with van der Waals surface area (Å²) in [6.07, 6.45) is -0.536.